The minimum atomic E-state index is 0.0990. The molecule has 18 heavy (non-hydrogen) atoms. The molecule has 2 N–H and O–H groups in total. The molecule has 1 unspecified atom stereocenters. The number of carbonyl (C=O) groups is 1. The van der Waals surface area contributed by atoms with Crippen molar-refractivity contribution in [2.75, 3.05) is 25.0 Å². The van der Waals surface area contributed by atoms with Crippen LogP contribution in [0.15, 0.2) is 18.2 Å². The molecule has 4 heteroatoms. The molecule has 0 aromatic heterocycles. The average Bonchev–Trinajstić information content (AvgIpc) is 2.77. The van der Waals surface area contributed by atoms with Crippen molar-refractivity contribution in [3.63, 3.8) is 0 Å². The highest BCUT2D eigenvalue weighted by atomic mass is 16.5. The lowest BCUT2D eigenvalue weighted by Crippen LogP contribution is -2.38. The largest absolute Gasteiger partial charge is 0.376 e. The Balaban J connectivity index is 1.60. The van der Waals surface area contributed by atoms with Crippen molar-refractivity contribution >= 4 is 11.6 Å². The Morgan fingerprint density at radius 3 is 3.17 bits per heavy atom. The first-order valence-electron chi connectivity index (χ1n) is 6.55. The molecule has 3 rings (SSSR count). The van der Waals surface area contributed by atoms with Crippen molar-refractivity contribution < 1.29 is 9.53 Å². The van der Waals surface area contributed by atoms with E-state index in [0.29, 0.717) is 12.5 Å². The van der Waals surface area contributed by atoms with Crippen LogP contribution in [0.1, 0.15) is 17.5 Å². The number of hydrogen-bond acceptors (Lipinski definition) is 3. The second kappa shape index (κ2) is 5.08. The topological polar surface area (TPSA) is 50.4 Å². The van der Waals surface area contributed by atoms with Gasteiger partial charge in [0, 0.05) is 18.8 Å². The van der Waals surface area contributed by atoms with Crippen LogP contribution in [-0.4, -0.2) is 31.7 Å². The number of aryl methyl sites for hydroxylation is 1. The summed E-state index contributed by atoms with van der Waals surface area (Å²) in [6.45, 7) is 2.72. The van der Waals surface area contributed by atoms with Gasteiger partial charge in [0.05, 0.1) is 19.1 Å². The zero-order chi connectivity index (χ0) is 12.4. The summed E-state index contributed by atoms with van der Waals surface area (Å²) in [5, 5.41) is 6.20. The van der Waals surface area contributed by atoms with Gasteiger partial charge in [0.2, 0.25) is 5.91 Å². The maximum absolute atomic E-state index is 11.3. The Bertz CT molecular complexity index is 453. The molecule has 1 fully saturated rings. The predicted molar refractivity (Wildman–Crippen MR) is 69.7 cm³/mol. The van der Waals surface area contributed by atoms with Gasteiger partial charge in [-0.2, -0.15) is 0 Å². The summed E-state index contributed by atoms with van der Waals surface area (Å²) in [6, 6.07) is 6.25. The maximum atomic E-state index is 11.3. The zero-order valence-electron chi connectivity index (χ0n) is 10.4. The second-order valence-electron chi connectivity index (χ2n) is 4.95. The van der Waals surface area contributed by atoms with Crippen molar-refractivity contribution in [1.82, 2.24) is 5.32 Å². The first-order valence-corrected chi connectivity index (χ1v) is 6.55. The summed E-state index contributed by atoms with van der Waals surface area (Å²) in [6.07, 6.45) is 2.89. The Labute approximate surface area is 107 Å². The fourth-order valence-corrected chi connectivity index (χ4v) is 2.57. The van der Waals surface area contributed by atoms with Gasteiger partial charge in [-0.05, 0) is 30.0 Å². The van der Waals surface area contributed by atoms with E-state index in [9.17, 15) is 4.79 Å². The normalized spacial score (nSPS) is 22.7. The van der Waals surface area contributed by atoms with Gasteiger partial charge >= 0.3 is 0 Å². The predicted octanol–water partition coefficient (Wildman–Crippen LogP) is 1.10. The lowest BCUT2D eigenvalue weighted by Gasteiger charge is -2.23. The molecule has 0 bridgehead atoms. The Morgan fingerprint density at radius 1 is 1.39 bits per heavy atom. The zero-order valence-corrected chi connectivity index (χ0v) is 10.4. The van der Waals surface area contributed by atoms with E-state index in [1.807, 2.05) is 6.07 Å². The molecule has 2 aliphatic heterocycles. The molecule has 1 amide bonds. The Morgan fingerprint density at radius 2 is 2.33 bits per heavy atom. The van der Waals surface area contributed by atoms with Crippen LogP contribution >= 0.6 is 0 Å². The van der Waals surface area contributed by atoms with Crippen molar-refractivity contribution in [3.8, 4) is 0 Å². The molecule has 0 saturated carbocycles. The summed E-state index contributed by atoms with van der Waals surface area (Å²) in [5.41, 5.74) is 3.39. The van der Waals surface area contributed by atoms with E-state index < -0.39 is 0 Å². The molecule has 1 aromatic rings. The van der Waals surface area contributed by atoms with Gasteiger partial charge in [-0.3, -0.25) is 4.79 Å². The van der Waals surface area contributed by atoms with Crippen LogP contribution in [0.4, 0.5) is 5.69 Å². The van der Waals surface area contributed by atoms with Crippen molar-refractivity contribution in [2.45, 2.75) is 25.4 Å². The molecule has 1 saturated heterocycles. The molecule has 0 aliphatic carbocycles. The third-order valence-electron chi connectivity index (χ3n) is 3.55. The van der Waals surface area contributed by atoms with E-state index in [0.717, 1.165) is 43.8 Å². The van der Waals surface area contributed by atoms with Gasteiger partial charge in [-0.1, -0.05) is 12.1 Å². The highest BCUT2D eigenvalue weighted by Gasteiger charge is 2.18. The van der Waals surface area contributed by atoms with Crippen molar-refractivity contribution in [1.29, 1.82) is 0 Å². The summed E-state index contributed by atoms with van der Waals surface area (Å²) in [4.78, 5) is 11.3. The van der Waals surface area contributed by atoms with E-state index in [2.05, 4.69) is 22.8 Å². The number of fused-ring (bicyclic) bond motifs is 1. The van der Waals surface area contributed by atoms with E-state index in [-0.39, 0.29) is 5.91 Å². The number of amides is 1. The summed E-state index contributed by atoms with van der Waals surface area (Å²) in [5.74, 6) is 0.0990. The lowest BCUT2D eigenvalue weighted by molar-refractivity contribution is -0.115. The van der Waals surface area contributed by atoms with Crippen LogP contribution in [0, 0.1) is 0 Å². The highest BCUT2D eigenvalue weighted by molar-refractivity contribution is 5.99. The number of rotatable bonds is 3. The standard InChI is InChI=1S/C14H18N2O2/c17-14-8-11-7-10(2-4-13(11)16-14)1-3-12-9-15-5-6-18-12/h2,4,7,12,15H,1,3,5-6,8-9H2,(H,16,17). The van der Waals surface area contributed by atoms with Gasteiger partial charge < -0.3 is 15.4 Å². The summed E-state index contributed by atoms with van der Waals surface area (Å²) < 4.78 is 5.68. The summed E-state index contributed by atoms with van der Waals surface area (Å²) in [7, 11) is 0. The molecule has 1 aromatic carbocycles. The number of morpholine rings is 1. The van der Waals surface area contributed by atoms with Crippen LogP contribution in [0.2, 0.25) is 0 Å². The van der Waals surface area contributed by atoms with Crippen LogP contribution in [-0.2, 0) is 22.4 Å². The van der Waals surface area contributed by atoms with Gasteiger partial charge in [0.25, 0.3) is 0 Å². The maximum Gasteiger partial charge on any atom is 0.228 e. The molecule has 96 valence electrons. The van der Waals surface area contributed by atoms with E-state index >= 15 is 0 Å². The number of carbonyl (C=O) groups excluding carboxylic acids is 1. The minimum Gasteiger partial charge on any atom is -0.376 e. The van der Waals surface area contributed by atoms with Crippen LogP contribution in [0.25, 0.3) is 0 Å². The minimum absolute atomic E-state index is 0.0990. The van der Waals surface area contributed by atoms with Gasteiger partial charge in [-0.25, -0.2) is 0 Å². The molecule has 0 spiro atoms. The molecular formula is C14H18N2O2. The number of hydrogen-bond donors (Lipinski definition) is 2. The molecule has 2 aliphatic rings. The molecular weight excluding hydrogens is 228 g/mol. The highest BCUT2D eigenvalue weighted by Crippen LogP contribution is 2.24. The number of nitrogens with one attached hydrogen (secondary N) is 2. The smallest absolute Gasteiger partial charge is 0.228 e. The van der Waals surface area contributed by atoms with E-state index in [1.165, 1.54) is 5.56 Å². The first kappa shape index (κ1) is 11.7. The van der Waals surface area contributed by atoms with Gasteiger partial charge in [-0.15, -0.1) is 0 Å². The SMILES string of the molecule is O=C1Cc2cc(CCC3CNCCO3)ccc2N1. The van der Waals surface area contributed by atoms with E-state index in [4.69, 9.17) is 4.74 Å². The third kappa shape index (κ3) is 2.54. The summed E-state index contributed by atoms with van der Waals surface area (Å²) >= 11 is 0. The van der Waals surface area contributed by atoms with E-state index in [1.54, 1.807) is 0 Å². The van der Waals surface area contributed by atoms with Gasteiger partial charge in [0.15, 0.2) is 0 Å². The molecule has 0 radical (unpaired) electrons. The Kier molecular flexibility index (Phi) is 3.30. The number of ether oxygens (including phenoxy) is 1. The van der Waals surface area contributed by atoms with Gasteiger partial charge in [0.1, 0.15) is 0 Å². The first-order chi connectivity index (χ1) is 8.81. The lowest BCUT2D eigenvalue weighted by atomic mass is 10.0. The van der Waals surface area contributed by atoms with Crippen LogP contribution in [0.5, 0.6) is 0 Å². The third-order valence-corrected chi connectivity index (χ3v) is 3.55. The molecule has 2 heterocycles. The average molecular weight is 246 g/mol. The monoisotopic (exact) mass is 246 g/mol. The fourth-order valence-electron chi connectivity index (χ4n) is 2.57. The number of benzene rings is 1. The quantitative estimate of drug-likeness (QED) is 0.839. The fraction of sp³-hybridized carbons (Fsp3) is 0.500. The second-order valence-corrected chi connectivity index (χ2v) is 4.95. The van der Waals surface area contributed by atoms with Crippen molar-refractivity contribution in [2.24, 2.45) is 0 Å². The van der Waals surface area contributed by atoms with Crippen LogP contribution in [0.3, 0.4) is 0 Å². The molecule has 4 nitrogen and oxygen atoms in total. The number of anilines is 1. The van der Waals surface area contributed by atoms with Crippen molar-refractivity contribution in [3.05, 3.63) is 29.3 Å². The van der Waals surface area contributed by atoms with Crippen LogP contribution < -0.4 is 10.6 Å². The Hall–Kier alpha value is -1.39. The molecule has 1 atom stereocenters.